The van der Waals surface area contributed by atoms with Crippen molar-refractivity contribution in [2.75, 3.05) is 19.7 Å². The molecule has 2 aromatic carbocycles. The first-order valence-electron chi connectivity index (χ1n) is 8.55. The van der Waals surface area contributed by atoms with Gasteiger partial charge in [0.1, 0.15) is 6.61 Å². The van der Waals surface area contributed by atoms with Crippen LogP contribution in [0.25, 0.3) is 0 Å². The van der Waals surface area contributed by atoms with E-state index in [0.717, 1.165) is 38.2 Å². The molecule has 1 fully saturated rings. The summed E-state index contributed by atoms with van der Waals surface area (Å²) in [5.41, 5.74) is 1.18. The Kier molecular flexibility index (Phi) is 5.97. The molecule has 3 rings (SSSR count). The van der Waals surface area contributed by atoms with E-state index in [1.54, 1.807) is 0 Å². The minimum Gasteiger partial charge on any atom is -0.364 e. The normalized spacial score (nSPS) is 17.7. The lowest BCUT2D eigenvalue weighted by Gasteiger charge is -2.15. The molecule has 0 amide bonds. The van der Waals surface area contributed by atoms with E-state index in [9.17, 15) is 13.2 Å². The average molecular weight is 359 g/mol. The standard InChI is InChI=1S/C21H20F3NO/c22-21(23,24)19-10-8-17(9-11-19)7-4-14-26-20-12-13-25(16-20)15-18-5-2-1-3-6-18/h1-3,5-6,8-11,20H,12-16H2. The summed E-state index contributed by atoms with van der Waals surface area (Å²) < 4.78 is 43.3. The summed E-state index contributed by atoms with van der Waals surface area (Å²) >= 11 is 0. The summed E-state index contributed by atoms with van der Waals surface area (Å²) in [6.07, 6.45) is -3.20. The van der Waals surface area contributed by atoms with Crippen molar-refractivity contribution in [3.63, 3.8) is 0 Å². The second kappa shape index (κ2) is 8.39. The number of rotatable bonds is 4. The fourth-order valence-corrected chi connectivity index (χ4v) is 2.96. The average Bonchev–Trinajstić information content (AvgIpc) is 3.06. The zero-order valence-corrected chi connectivity index (χ0v) is 14.3. The first kappa shape index (κ1) is 18.5. The van der Waals surface area contributed by atoms with Gasteiger partial charge in [0.2, 0.25) is 0 Å². The predicted molar refractivity (Wildman–Crippen MR) is 94.4 cm³/mol. The van der Waals surface area contributed by atoms with Crippen molar-refractivity contribution in [1.29, 1.82) is 0 Å². The minimum absolute atomic E-state index is 0.153. The van der Waals surface area contributed by atoms with Gasteiger partial charge in [-0.15, -0.1) is 0 Å². The highest BCUT2D eigenvalue weighted by Crippen LogP contribution is 2.28. The van der Waals surface area contributed by atoms with E-state index in [-0.39, 0.29) is 12.7 Å². The molecule has 0 N–H and O–H groups in total. The molecule has 26 heavy (non-hydrogen) atoms. The Balaban J connectivity index is 1.42. The van der Waals surface area contributed by atoms with Gasteiger partial charge in [0, 0.05) is 25.2 Å². The van der Waals surface area contributed by atoms with Crippen molar-refractivity contribution in [2.45, 2.75) is 25.2 Å². The maximum atomic E-state index is 12.5. The van der Waals surface area contributed by atoms with E-state index in [4.69, 9.17) is 4.74 Å². The third-order valence-electron chi connectivity index (χ3n) is 4.31. The van der Waals surface area contributed by atoms with E-state index in [1.165, 1.54) is 17.7 Å². The van der Waals surface area contributed by atoms with Gasteiger partial charge in [-0.2, -0.15) is 13.2 Å². The number of benzene rings is 2. The van der Waals surface area contributed by atoms with Crippen LogP contribution in [-0.2, 0) is 17.5 Å². The molecule has 0 bridgehead atoms. The van der Waals surface area contributed by atoms with E-state index in [1.807, 2.05) is 18.2 Å². The van der Waals surface area contributed by atoms with Gasteiger partial charge >= 0.3 is 6.18 Å². The monoisotopic (exact) mass is 359 g/mol. The molecule has 136 valence electrons. The fraction of sp³-hybridized carbons (Fsp3) is 0.333. The summed E-state index contributed by atoms with van der Waals surface area (Å²) in [6, 6.07) is 15.2. The summed E-state index contributed by atoms with van der Waals surface area (Å²) in [7, 11) is 0. The number of hydrogen-bond donors (Lipinski definition) is 0. The van der Waals surface area contributed by atoms with Gasteiger partial charge in [0.15, 0.2) is 0 Å². The Morgan fingerprint density at radius 3 is 2.46 bits per heavy atom. The first-order valence-corrected chi connectivity index (χ1v) is 8.55. The molecular weight excluding hydrogens is 339 g/mol. The Morgan fingerprint density at radius 1 is 1.04 bits per heavy atom. The van der Waals surface area contributed by atoms with Crippen molar-refractivity contribution in [1.82, 2.24) is 4.90 Å². The molecule has 0 saturated carbocycles. The minimum atomic E-state index is -4.32. The zero-order valence-electron chi connectivity index (χ0n) is 14.3. The van der Waals surface area contributed by atoms with E-state index in [2.05, 4.69) is 28.9 Å². The van der Waals surface area contributed by atoms with Crippen molar-refractivity contribution in [2.24, 2.45) is 0 Å². The van der Waals surface area contributed by atoms with E-state index >= 15 is 0 Å². The fourth-order valence-electron chi connectivity index (χ4n) is 2.96. The van der Waals surface area contributed by atoms with Crippen LogP contribution in [0.2, 0.25) is 0 Å². The van der Waals surface area contributed by atoms with Crippen molar-refractivity contribution in [3.05, 3.63) is 71.3 Å². The first-order chi connectivity index (χ1) is 12.5. The van der Waals surface area contributed by atoms with Crippen LogP contribution in [0.1, 0.15) is 23.1 Å². The Morgan fingerprint density at radius 2 is 1.77 bits per heavy atom. The third kappa shape index (κ3) is 5.35. The number of ether oxygens (including phenoxy) is 1. The van der Waals surface area contributed by atoms with E-state index in [0.29, 0.717) is 5.56 Å². The highest BCUT2D eigenvalue weighted by atomic mass is 19.4. The summed E-state index contributed by atoms with van der Waals surface area (Å²) in [4.78, 5) is 2.35. The molecule has 1 unspecified atom stereocenters. The smallest absolute Gasteiger partial charge is 0.364 e. The van der Waals surface area contributed by atoms with Gasteiger partial charge in [0.25, 0.3) is 0 Å². The molecule has 1 heterocycles. The summed E-state index contributed by atoms with van der Waals surface area (Å²) in [6.45, 7) is 3.06. The molecule has 0 spiro atoms. The quantitative estimate of drug-likeness (QED) is 0.753. The Labute approximate surface area is 151 Å². The van der Waals surface area contributed by atoms with Crippen molar-refractivity contribution >= 4 is 0 Å². The molecule has 2 aromatic rings. The summed E-state index contributed by atoms with van der Waals surface area (Å²) in [5, 5.41) is 0. The number of halogens is 3. The Hall–Kier alpha value is -2.29. The van der Waals surface area contributed by atoms with Crippen molar-refractivity contribution in [3.8, 4) is 11.8 Å². The SMILES string of the molecule is FC(F)(F)c1ccc(C#CCOC2CCN(Cc3ccccc3)C2)cc1. The molecule has 0 aromatic heterocycles. The van der Waals surface area contributed by atoms with Crippen LogP contribution in [0, 0.1) is 11.8 Å². The van der Waals surface area contributed by atoms with Gasteiger partial charge in [-0.05, 0) is 36.2 Å². The van der Waals surface area contributed by atoms with Gasteiger partial charge in [-0.25, -0.2) is 0 Å². The summed E-state index contributed by atoms with van der Waals surface area (Å²) in [5.74, 6) is 5.72. The van der Waals surface area contributed by atoms with Gasteiger partial charge < -0.3 is 4.74 Å². The largest absolute Gasteiger partial charge is 0.416 e. The number of alkyl halides is 3. The van der Waals surface area contributed by atoms with Gasteiger partial charge in [-0.3, -0.25) is 4.90 Å². The molecular formula is C21H20F3NO. The highest BCUT2D eigenvalue weighted by Gasteiger charge is 2.29. The molecule has 1 atom stereocenters. The molecule has 2 nitrogen and oxygen atoms in total. The number of hydrogen-bond acceptors (Lipinski definition) is 2. The topological polar surface area (TPSA) is 12.5 Å². The second-order valence-corrected chi connectivity index (χ2v) is 6.32. The molecule has 5 heteroatoms. The van der Waals surface area contributed by atoms with Gasteiger partial charge in [0.05, 0.1) is 11.7 Å². The predicted octanol–water partition coefficient (Wildman–Crippen LogP) is 4.35. The molecule has 0 aliphatic carbocycles. The number of nitrogens with zero attached hydrogens (tertiary/aromatic N) is 1. The van der Waals surface area contributed by atoms with Crippen LogP contribution in [0.3, 0.4) is 0 Å². The van der Waals surface area contributed by atoms with E-state index < -0.39 is 11.7 Å². The van der Waals surface area contributed by atoms with Crippen LogP contribution in [0.5, 0.6) is 0 Å². The van der Waals surface area contributed by atoms with Crippen LogP contribution < -0.4 is 0 Å². The lowest BCUT2D eigenvalue weighted by molar-refractivity contribution is -0.137. The molecule has 1 saturated heterocycles. The maximum Gasteiger partial charge on any atom is 0.416 e. The highest BCUT2D eigenvalue weighted by molar-refractivity contribution is 5.36. The van der Waals surface area contributed by atoms with Crippen LogP contribution in [-0.4, -0.2) is 30.7 Å². The van der Waals surface area contributed by atoms with Crippen molar-refractivity contribution < 1.29 is 17.9 Å². The molecule has 0 radical (unpaired) electrons. The molecule has 1 aliphatic rings. The lowest BCUT2D eigenvalue weighted by atomic mass is 10.1. The zero-order chi connectivity index (χ0) is 18.4. The maximum absolute atomic E-state index is 12.5. The lowest BCUT2D eigenvalue weighted by Crippen LogP contribution is -2.23. The third-order valence-corrected chi connectivity index (χ3v) is 4.31. The van der Waals surface area contributed by atoms with Crippen LogP contribution in [0.15, 0.2) is 54.6 Å². The Bertz CT molecular complexity index is 760. The van der Waals surface area contributed by atoms with Crippen LogP contribution in [0.4, 0.5) is 13.2 Å². The van der Waals surface area contributed by atoms with Gasteiger partial charge in [-0.1, -0.05) is 42.2 Å². The van der Waals surface area contributed by atoms with Crippen LogP contribution >= 0.6 is 0 Å². The number of likely N-dealkylation sites (tertiary alicyclic amines) is 1. The molecule has 1 aliphatic heterocycles. The second-order valence-electron chi connectivity index (χ2n) is 6.32.